The van der Waals surface area contributed by atoms with Crippen molar-refractivity contribution < 1.29 is 4.74 Å². The van der Waals surface area contributed by atoms with Gasteiger partial charge in [0.2, 0.25) is 0 Å². The minimum Gasteiger partial charge on any atom is -0.494 e. The second-order valence-electron chi connectivity index (χ2n) is 6.72. The predicted octanol–water partition coefficient (Wildman–Crippen LogP) is 5.32. The Morgan fingerprint density at radius 1 is 1.38 bits per heavy atom. The fraction of sp³-hybridized carbons (Fsp3) is 0.667. The predicted molar refractivity (Wildman–Crippen MR) is 92.9 cm³/mol. The molecule has 2 atom stereocenters. The highest BCUT2D eigenvalue weighted by atomic mass is 79.9. The topological polar surface area (TPSA) is 21.3 Å². The van der Waals surface area contributed by atoms with E-state index in [1.807, 2.05) is 6.92 Å². The first-order chi connectivity index (χ1) is 9.99. The van der Waals surface area contributed by atoms with Gasteiger partial charge in [-0.2, -0.15) is 0 Å². The number of benzene rings is 1. The summed E-state index contributed by atoms with van der Waals surface area (Å²) in [6, 6.07) is 6.79. The second kappa shape index (κ2) is 7.15. The van der Waals surface area contributed by atoms with Crippen LogP contribution >= 0.6 is 15.9 Å². The van der Waals surface area contributed by atoms with E-state index in [4.69, 9.17) is 4.74 Å². The fourth-order valence-electron chi connectivity index (χ4n) is 3.73. The molecule has 0 aromatic heterocycles. The van der Waals surface area contributed by atoms with Crippen LogP contribution in [0.15, 0.2) is 22.7 Å². The molecule has 1 fully saturated rings. The van der Waals surface area contributed by atoms with Crippen LogP contribution in [0.25, 0.3) is 0 Å². The number of hydrogen-bond donors (Lipinski definition) is 1. The van der Waals surface area contributed by atoms with Gasteiger partial charge in [0.25, 0.3) is 0 Å². The lowest BCUT2D eigenvalue weighted by Crippen LogP contribution is -2.38. The van der Waals surface area contributed by atoms with Crippen molar-refractivity contribution in [3.05, 3.63) is 28.2 Å². The summed E-state index contributed by atoms with van der Waals surface area (Å²) in [6.07, 6.45) is 5.34. The average molecular weight is 354 g/mol. The maximum absolute atomic E-state index is 5.59. The molecule has 1 saturated carbocycles. The largest absolute Gasteiger partial charge is 0.494 e. The van der Waals surface area contributed by atoms with Gasteiger partial charge in [-0.15, -0.1) is 0 Å². The molecular formula is C18H28BrNO. The molecule has 0 aliphatic heterocycles. The van der Waals surface area contributed by atoms with E-state index < -0.39 is 0 Å². The number of nitrogens with one attached hydrogen (secondary N) is 1. The first kappa shape index (κ1) is 16.8. The fourth-order valence-corrected chi connectivity index (χ4v) is 4.33. The van der Waals surface area contributed by atoms with Crippen LogP contribution in [0.1, 0.15) is 58.1 Å². The first-order valence-electron chi connectivity index (χ1n) is 8.09. The second-order valence-corrected chi connectivity index (χ2v) is 7.58. The van der Waals surface area contributed by atoms with E-state index in [1.54, 1.807) is 0 Å². The summed E-state index contributed by atoms with van der Waals surface area (Å²) in [5.41, 5.74) is 1.74. The normalized spacial score (nSPS) is 22.8. The van der Waals surface area contributed by atoms with Crippen molar-refractivity contribution >= 4 is 15.9 Å². The third-order valence-corrected chi connectivity index (χ3v) is 5.61. The maximum Gasteiger partial charge on any atom is 0.120 e. The zero-order chi connectivity index (χ0) is 15.5. The Balaban J connectivity index is 2.28. The van der Waals surface area contributed by atoms with Crippen LogP contribution in [0.2, 0.25) is 0 Å². The Morgan fingerprint density at radius 2 is 2.14 bits per heavy atom. The minimum atomic E-state index is 0.393. The summed E-state index contributed by atoms with van der Waals surface area (Å²) in [4.78, 5) is 0. The molecule has 0 saturated heterocycles. The highest BCUT2D eigenvalue weighted by molar-refractivity contribution is 9.10. The molecule has 0 spiro atoms. The summed E-state index contributed by atoms with van der Waals surface area (Å²) < 4.78 is 6.74. The number of halogens is 1. The van der Waals surface area contributed by atoms with Gasteiger partial charge >= 0.3 is 0 Å². The van der Waals surface area contributed by atoms with Crippen LogP contribution < -0.4 is 10.1 Å². The van der Waals surface area contributed by atoms with Crippen molar-refractivity contribution in [2.24, 2.45) is 11.3 Å². The first-order valence-corrected chi connectivity index (χ1v) is 8.88. The number of hydrogen-bond acceptors (Lipinski definition) is 2. The van der Waals surface area contributed by atoms with E-state index in [2.05, 4.69) is 60.3 Å². The molecule has 2 nitrogen and oxygen atoms in total. The molecule has 118 valence electrons. The van der Waals surface area contributed by atoms with Crippen molar-refractivity contribution in [1.29, 1.82) is 0 Å². The molecule has 3 heteroatoms. The Kier molecular flexibility index (Phi) is 5.73. The van der Waals surface area contributed by atoms with Crippen LogP contribution in [0, 0.1) is 11.3 Å². The molecular weight excluding hydrogens is 326 g/mol. The summed E-state index contributed by atoms with van der Waals surface area (Å²) in [5.74, 6) is 1.61. The van der Waals surface area contributed by atoms with Gasteiger partial charge in [-0.3, -0.25) is 0 Å². The van der Waals surface area contributed by atoms with E-state index in [9.17, 15) is 0 Å². The Labute approximate surface area is 137 Å². The van der Waals surface area contributed by atoms with Gasteiger partial charge in [0.1, 0.15) is 5.75 Å². The molecule has 2 rings (SSSR count). The summed E-state index contributed by atoms with van der Waals surface area (Å²) in [6.45, 7) is 7.56. The lowest BCUT2D eigenvalue weighted by atomic mass is 9.65. The Bertz CT molecular complexity index is 472. The van der Waals surface area contributed by atoms with Gasteiger partial charge in [-0.05, 0) is 55.8 Å². The molecule has 0 bridgehead atoms. The van der Waals surface area contributed by atoms with Crippen molar-refractivity contribution in [3.63, 3.8) is 0 Å². The summed E-state index contributed by atoms with van der Waals surface area (Å²) in [7, 11) is 2.08. The van der Waals surface area contributed by atoms with Gasteiger partial charge in [-0.25, -0.2) is 0 Å². The van der Waals surface area contributed by atoms with E-state index in [0.29, 0.717) is 24.0 Å². The quantitative estimate of drug-likeness (QED) is 0.772. The van der Waals surface area contributed by atoms with Crippen LogP contribution in [0.3, 0.4) is 0 Å². The van der Waals surface area contributed by atoms with Gasteiger partial charge in [0.15, 0.2) is 0 Å². The summed E-state index contributed by atoms with van der Waals surface area (Å²) in [5, 5.41) is 3.57. The van der Waals surface area contributed by atoms with E-state index >= 15 is 0 Å². The minimum absolute atomic E-state index is 0.393. The lowest BCUT2D eigenvalue weighted by molar-refractivity contribution is 0.101. The zero-order valence-electron chi connectivity index (χ0n) is 13.7. The highest BCUT2D eigenvalue weighted by Gasteiger charge is 2.38. The number of ether oxygens (including phenoxy) is 1. The van der Waals surface area contributed by atoms with Crippen LogP contribution in [-0.4, -0.2) is 13.7 Å². The van der Waals surface area contributed by atoms with Crippen molar-refractivity contribution in [2.75, 3.05) is 13.7 Å². The molecule has 1 N–H and O–H groups in total. The molecule has 1 aromatic carbocycles. The standard InChI is InChI=1S/C18H28BrNO/c1-5-21-13-9-10-14(16(19)12-13)17(20-4)15-8-6-7-11-18(15,2)3/h9-10,12,15,17,20H,5-8,11H2,1-4H3. The van der Waals surface area contributed by atoms with E-state index in [1.165, 1.54) is 31.2 Å². The monoisotopic (exact) mass is 353 g/mol. The van der Waals surface area contributed by atoms with Crippen LogP contribution in [0.4, 0.5) is 0 Å². The van der Waals surface area contributed by atoms with Crippen LogP contribution in [-0.2, 0) is 0 Å². The molecule has 0 amide bonds. The van der Waals surface area contributed by atoms with E-state index in [-0.39, 0.29) is 0 Å². The Morgan fingerprint density at radius 3 is 2.71 bits per heavy atom. The zero-order valence-corrected chi connectivity index (χ0v) is 15.3. The van der Waals surface area contributed by atoms with Crippen molar-refractivity contribution in [1.82, 2.24) is 5.32 Å². The lowest BCUT2D eigenvalue weighted by Gasteiger charge is -2.43. The highest BCUT2D eigenvalue weighted by Crippen LogP contribution is 2.47. The molecule has 0 radical (unpaired) electrons. The number of rotatable bonds is 5. The van der Waals surface area contributed by atoms with Crippen molar-refractivity contribution in [2.45, 2.75) is 52.5 Å². The average Bonchev–Trinajstić information content (AvgIpc) is 2.43. The smallest absolute Gasteiger partial charge is 0.120 e. The third-order valence-electron chi connectivity index (χ3n) is 4.92. The molecule has 1 aliphatic rings. The summed E-state index contributed by atoms with van der Waals surface area (Å²) >= 11 is 3.74. The molecule has 1 aromatic rings. The molecule has 21 heavy (non-hydrogen) atoms. The molecule has 1 aliphatic carbocycles. The van der Waals surface area contributed by atoms with Gasteiger partial charge in [0.05, 0.1) is 6.61 Å². The van der Waals surface area contributed by atoms with Gasteiger partial charge in [0, 0.05) is 10.5 Å². The van der Waals surface area contributed by atoms with Gasteiger partial charge < -0.3 is 10.1 Å². The maximum atomic E-state index is 5.59. The van der Waals surface area contributed by atoms with Crippen LogP contribution in [0.5, 0.6) is 5.75 Å². The third kappa shape index (κ3) is 3.81. The van der Waals surface area contributed by atoms with Gasteiger partial charge in [-0.1, -0.05) is 48.7 Å². The van der Waals surface area contributed by atoms with E-state index in [0.717, 1.165) is 10.2 Å². The van der Waals surface area contributed by atoms with Crippen molar-refractivity contribution in [3.8, 4) is 5.75 Å². The molecule has 0 heterocycles. The molecule has 2 unspecified atom stereocenters. The SMILES string of the molecule is CCOc1ccc(C(NC)C2CCCCC2(C)C)c(Br)c1. The Hall–Kier alpha value is -0.540.